The van der Waals surface area contributed by atoms with Crippen LogP contribution in [0.1, 0.15) is 452 Å². The second-order valence-corrected chi connectivity index (χ2v) is 34.4. The maximum atomic E-state index is 13.1. The molecule has 0 rings (SSSR count). The Balaban J connectivity index is 5.16. The summed E-state index contributed by atoms with van der Waals surface area (Å²) >= 11 is 0. The quantitative estimate of drug-likeness (QED) is 0.0222. The van der Waals surface area contributed by atoms with E-state index in [2.05, 4.69) is 41.5 Å². The molecule has 0 radical (unpaired) electrons. The van der Waals surface area contributed by atoms with Gasteiger partial charge in [-0.3, -0.25) is 37.3 Å². The van der Waals surface area contributed by atoms with Crippen molar-refractivity contribution in [3.63, 3.8) is 0 Å². The number of aliphatic hydroxyl groups excluding tert-OH is 1. The average molecular weight is 1520 g/mol. The molecule has 0 saturated heterocycles. The number of phosphoric acid groups is 2. The molecule has 0 aliphatic heterocycles. The second-order valence-electron chi connectivity index (χ2n) is 31.5. The number of ether oxygens (including phenoxy) is 4. The van der Waals surface area contributed by atoms with Crippen LogP contribution < -0.4 is 0 Å². The topological polar surface area (TPSA) is 237 Å². The summed E-state index contributed by atoms with van der Waals surface area (Å²) in [6.45, 7) is 9.69. The first-order chi connectivity index (χ1) is 50.4. The lowest BCUT2D eigenvalue weighted by Gasteiger charge is -2.21. The van der Waals surface area contributed by atoms with Crippen LogP contribution in [-0.2, 0) is 65.4 Å². The predicted molar refractivity (Wildman–Crippen MR) is 428 cm³/mol. The van der Waals surface area contributed by atoms with Crippen molar-refractivity contribution in [2.24, 2.45) is 11.8 Å². The number of rotatable bonds is 84. The highest BCUT2D eigenvalue weighted by molar-refractivity contribution is 7.47. The first-order valence-corrected chi connectivity index (χ1v) is 47.0. The number of carbonyl (C=O) groups excluding carboxylic acids is 4. The lowest BCUT2D eigenvalue weighted by Crippen LogP contribution is -2.30. The Labute approximate surface area is 638 Å². The van der Waals surface area contributed by atoms with Gasteiger partial charge in [-0.15, -0.1) is 0 Å². The van der Waals surface area contributed by atoms with Gasteiger partial charge in [0.1, 0.15) is 19.3 Å². The minimum absolute atomic E-state index is 0.108. The van der Waals surface area contributed by atoms with Crippen LogP contribution in [0.3, 0.4) is 0 Å². The normalized spacial score (nSPS) is 13.8. The fourth-order valence-corrected chi connectivity index (χ4v) is 14.8. The van der Waals surface area contributed by atoms with Crippen LogP contribution in [0.2, 0.25) is 0 Å². The van der Waals surface area contributed by atoms with Crippen molar-refractivity contribution in [2.75, 3.05) is 39.6 Å². The van der Waals surface area contributed by atoms with E-state index in [0.29, 0.717) is 25.7 Å². The van der Waals surface area contributed by atoms with Crippen molar-refractivity contribution < 1.29 is 80.2 Å². The number of phosphoric ester groups is 2. The molecule has 0 aromatic carbocycles. The van der Waals surface area contributed by atoms with E-state index in [1.807, 2.05) is 0 Å². The number of hydrogen-bond donors (Lipinski definition) is 3. The molecule has 0 heterocycles. The average Bonchev–Trinajstić information content (AvgIpc) is 0.902. The summed E-state index contributed by atoms with van der Waals surface area (Å²) in [5.41, 5.74) is 0. The highest BCUT2D eigenvalue weighted by Gasteiger charge is 2.30. The predicted octanol–water partition coefficient (Wildman–Crippen LogP) is 25.8. The molecule has 0 aliphatic carbocycles. The van der Waals surface area contributed by atoms with Crippen molar-refractivity contribution in [1.29, 1.82) is 0 Å². The van der Waals surface area contributed by atoms with Gasteiger partial charge >= 0.3 is 39.5 Å². The molecule has 0 amide bonds. The Morgan fingerprint density at radius 2 is 0.442 bits per heavy atom. The van der Waals surface area contributed by atoms with Gasteiger partial charge in [0.05, 0.1) is 26.4 Å². The van der Waals surface area contributed by atoms with Gasteiger partial charge < -0.3 is 33.8 Å². The number of esters is 4. The fourth-order valence-electron chi connectivity index (χ4n) is 13.2. The molecule has 0 bridgehead atoms. The van der Waals surface area contributed by atoms with E-state index >= 15 is 0 Å². The molecule has 0 aliphatic rings. The SMILES string of the molecule is CCCCCCCCCCCCCCCCCCCCC(=O)O[C@H](COC(=O)CCCCCCCCC)COP(=O)(O)OC[C@H](O)COP(=O)(O)OC[C@@H](COC(=O)CCCCCCCCCCCCCCCCCC(C)C)OC(=O)CCCCCCCCCCCCCCCCCCCCC(C)C. The molecule has 17 nitrogen and oxygen atoms in total. The van der Waals surface area contributed by atoms with Crippen LogP contribution in [0.4, 0.5) is 0 Å². The highest BCUT2D eigenvalue weighted by Crippen LogP contribution is 2.45. The van der Waals surface area contributed by atoms with Gasteiger partial charge in [0.15, 0.2) is 12.2 Å². The summed E-state index contributed by atoms with van der Waals surface area (Å²) in [6.07, 6.45) is 68.2. The van der Waals surface area contributed by atoms with Gasteiger partial charge in [0.25, 0.3) is 0 Å². The molecule has 0 fully saturated rings. The summed E-state index contributed by atoms with van der Waals surface area (Å²) in [6, 6.07) is 0. The maximum Gasteiger partial charge on any atom is 0.472 e. The molecule has 2 unspecified atom stereocenters. The van der Waals surface area contributed by atoms with Crippen molar-refractivity contribution in [2.45, 2.75) is 471 Å². The van der Waals surface area contributed by atoms with Gasteiger partial charge in [-0.05, 0) is 37.5 Å². The van der Waals surface area contributed by atoms with E-state index in [0.717, 1.165) is 115 Å². The van der Waals surface area contributed by atoms with E-state index in [9.17, 15) is 43.2 Å². The van der Waals surface area contributed by atoms with Crippen molar-refractivity contribution in [3.05, 3.63) is 0 Å². The molecule has 0 spiro atoms. The maximum absolute atomic E-state index is 13.1. The lowest BCUT2D eigenvalue weighted by molar-refractivity contribution is -0.161. The summed E-state index contributed by atoms with van der Waals surface area (Å²) in [7, 11) is -9.92. The van der Waals surface area contributed by atoms with Crippen LogP contribution in [0, 0.1) is 11.8 Å². The van der Waals surface area contributed by atoms with E-state index in [1.54, 1.807) is 0 Å². The summed E-state index contributed by atoms with van der Waals surface area (Å²) in [4.78, 5) is 73.0. The van der Waals surface area contributed by atoms with E-state index in [1.165, 1.54) is 257 Å². The zero-order valence-corrected chi connectivity index (χ0v) is 70.1. The van der Waals surface area contributed by atoms with Crippen LogP contribution in [0.15, 0.2) is 0 Å². The molecule has 5 atom stereocenters. The lowest BCUT2D eigenvalue weighted by atomic mass is 10.0. The van der Waals surface area contributed by atoms with Crippen LogP contribution in [-0.4, -0.2) is 96.7 Å². The Hall–Kier alpha value is -1.94. The van der Waals surface area contributed by atoms with Crippen LogP contribution >= 0.6 is 15.6 Å². The van der Waals surface area contributed by atoms with E-state index in [-0.39, 0.29) is 25.7 Å². The third-order valence-electron chi connectivity index (χ3n) is 20.0. The smallest absolute Gasteiger partial charge is 0.462 e. The van der Waals surface area contributed by atoms with E-state index < -0.39 is 97.5 Å². The van der Waals surface area contributed by atoms with Crippen LogP contribution in [0.25, 0.3) is 0 Å². The zero-order valence-electron chi connectivity index (χ0n) is 68.3. The molecular weight excluding hydrogens is 1350 g/mol. The molecule has 104 heavy (non-hydrogen) atoms. The minimum Gasteiger partial charge on any atom is -0.462 e. The first-order valence-electron chi connectivity index (χ1n) is 44.0. The monoisotopic (exact) mass is 1520 g/mol. The Kier molecular flexibility index (Phi) is 75.0. The molecule has 0 aromatic heterocycles. The molecule has 3 N–H and O–H groups in total. The molecule has 618 valence electrons. The molecular formula is C85H166O17P2. The van der Waals surface area contributed by atoms with Gasteiger partial charge in [0.2, 0.25) is 0 Å². The third-order valence-corrected chi connectivity index (χ3v) is 21.9. The molecule has 0 saturated carbocycles. The van der Waals surface area contributed by atoms with E-state index in [4.69, 9.17) is 37.0 Å². The van der Waals surface area contributed by atoms with Gasteiger partial charge in [-0.25, -0.2) is 9.13 Å². The zero-order chi connectivity index (χ0) is 76.4. The van der Waals surface area contributed by atoms with Gasteiger partial charge in [-0.1, -0.05) is 401 Å². The van der Waals surface area contributed by atoms with Crippen molar-refractivity contribution in [1.82, 2.24) is 0 Å². The molecule has 19 heteroatoms. The minimum atomic E-state index is -4.96. The van der Waals surface area contributed by atoms with Crippen molar-refractivity contribution in [3.8, 4) is 0 Å². The second kappa shape index (κ2) is 76.4. The number of unbranched alkanes of at least 4 members (excludes halogenated alkanes) is 54. The molecule has 0 aromatic rings. The first kappa shape index (κ1) is 102. The Morgan fingerprint density at radius 3 is 0.654 bits per heavy atom. The number of carbonyl (C=O) groups is 4. The third kappa shape index (κ3) is 78.2. The Morgan fingerprint density at radius 1 is 0.260 bits per heavy atom. The summed E-state index contributed by atoms with van der Waals surface area (Å²) in [5, 5.41) is 10.6. The number of hydrogen-bond acceptors (Lipinski definition) is 15. The van der Waals surface area contributed by atoms with Gasteiger partial charge in [0, 0.05) is 25.7 Å². The highest BCUT2D eigenvalue weighted by atomic mass is 31.2. The van der Waals surface area contributed by atoms with Crippen molar-refractivity contribution >= 4 is 39.5 Å². The van der Waals surface area contributed by atoms with Gasteiger partial charge in [-0.2, -0.15) is 0 Å². The fraction of sp³-hybridized carbons (Fsp3) is 0.953. The largest absolute Gasteiger partial charge is 0.472 e. The summed E-state index contributed by atoms with van der Waals surface area (Å²) in [5.74, 6) is -0.481. The van der Waals surface area contributed by atoms with Crippen LogP contribution in [0.5, 0.6) is 0 Å². The number of aliphatic hydroxyl groups is 1. The summed E-state index contributed by atoms with van der Waals surface area (Å²) < 4.78 is 68.7. The Bertz CT molecular complexity index is 1990. The standard InChI is InChI=1S/C85H166O17P2/c1-7-9-11-13-15-16-17-18-19-20-24-29-35-40-45-51-57-63-69-84(89)101-80(73-95-82(87)67-61-55-47-14-12-10-8-2)75-99-103(91,92)97-71-79(86)72-98-104(93,94)100-76-81(74-96-83(88)68-62-56-50-44-39-34-31-26-28-33-38-43-49-54-60-66-78(5)6)102-85(90)70-64-58-52-46-41-36-30-25-22-21-23-27-32-37-42-48-53-59-65-77(3)4/h77-81,86H,7-76H2,1-6H3,(H,91,92)(H,93,94)/t79-,80+,81+/m0/s1.